The second-order valence-electron chi connectivity index (χ2n) is 8.82. The van der Waals surface area contributed by atoms with Gasteiger partial charge in [-0.05, 0) is 31.0 Å². The SMILES string of the molecule is CC[C@@]1(O)C(=O)OCc2c1cc1n(c2=O)Cc2c-1nc1cc(F)c(C)cc1c2C#CCNC(=O)CN. The van der Waals surface area contributed by atoms with Gasteiger partial charge in [0.05, 0.1) is 42.1 Å². The van der Waals surface area contributed by atoms with Gasteiger partial charge in [-0.25, -0.2) is 14.2 Å². The Hall–Kier alpha value is -4.07. The van der Waals surface area contributed by atoms with Crippen LogP contribution in [0.15, 0.2) is 23.0 Å². The minimum atomic E-state index is -1.95. The molecule has 0 spiro atoms. The normalized spacial score (nSPS) is 17.5. The topological polar surface area (TPSA) is 137 Å². The van der Waals surface area contributed by atoms with Crippen LogP contribution in [-0.4, -0.2) is 39.6 Å². The van der Waals surface area contributed by atoms with Gasteiger partial charge in [-0.2, -0.15) is 0 Å². The molecule has 36 heavy (non-hydrogen) atoms. The van der Waals surface area contributed by atoms with Crippen molar-refractivity contribution in [3.05, 3.63) is 62.2 Å². The second-order valence-corrected chi connectivity index (χ2v) is 8.82. The number of carbonyl (C=O) groups is 2. The number of cyclic esters (lactones) is 1. The Kier molecular flexibility index (Phi) is 5.62. The molecule has 0 saturated carbocycles. The molecule has 1 aromatic carbocycles. The van der Waals surface area contributed by atoms with E-state index in [1.165, 1.54) is 10.6 Å². The van der Waals surface area contributed by atoms with E-state index in [4.69, 9.17) is 10.5 Å². The zero-order valence-corrected chi connectivity index (χ0v) is 19.7. The van der Waals surface area contributed by atoms with Gasteiger partial charge in [0.2, 0.25) is 5.91 Å². The fourth-order valence-electron chi connectivity index (χ4n) is 4.70. The van der Waals surface area contributed by atoms with Crippen LogP contribution < -0.4 is 16.6 Å². The van der Waals surface area contributed by atoms with Crippen molar-refractivity contribution < 1.29 is 23.8 Å². The number of aryl methyl sites for hydroxylation is 1. The van der Waals surface area contributed by atoms with Gasteiger partial charge in [0.15, 0.2) is 5.60 Å². The molecule has 0 unspecified atom stereocenters. The van der Waals surface area contributed by atoms with Crippen LogP contribution in [0.1, 0.15) is 41.2 Å². The minimum absolute atomic E-state index is 0.0233. The number of hydrogen-bond acceptors (Lipinski definition) is 7. The molecule has 4 N–H and O–H groups in total. The van der Waals surface area contributed by atoms with Crippen molar-refractivity contribution in [3.8, 4) is 23.2 Å². The van der Waals surface area contributed by atoms with Crippen LogP contribution in [0.25, 0.3) is 22.3 Å². The molecule has 2 aromatic heterocycles. The number of hydrogen-bond donors (Lipinski definition) is 3. The van der Waals surface area contributed by atoms with Crippen molar-refractivity contribution in [2.45, 2.75) is 39.0 Å². The fraction of sp³-hybridized carbons (Fsp3) is 0.308. The van der Waals surface area contributed by atoms with Gasteiger partial charge in [-0.15, -0.1) is 0 Å². The molecular formula is C26H23FN4O5. The van der Waals surface area contributed by atoms with Gasteiger partial charge in [-0.3, -0.25) is 9.59 Å². The number of amides is 1. The molecule has 184 valence electrons. The van der Waals surface area contributed by atoms with Gasteiger partial charge in [0, 0.05) is 28.1 Å². The van der Waals surface area contributed by atoms with E-state index in [1.807, 2.05) is 0 Å². The average Bonchev–Trinajstić information content (AvgIpc) is 3.23. The van der Waals surface area contributed by atoms with Crippen molar-refractivity contribution in [3.63, 3.8) is 0 Å². The van der Waals surface area contributed by atoms with Crippen LogP contribution >= 0.6 is 0 Å². The lowest BCUT2D eigenvalue weighted by atomic mass is 9.86. The lowest BCUT2D eigenvalue weighted by Gasteiger charge is -2.31. The number of aliphatic hydroxyl groups is 1. The highest BCUT2D eigenvalue weighted by Crippen LogP contribution is 2.40. The van der Waals surface area contributed by atoms with Crippen molar-refractivity contribution in [1.82, 2.24) is 14.9 Å². The van der Waals surface area contributed by atoms with E-state index in [9.17, 15) is 23.9 Å². The monoisotopic (exact) mass is 490 g/mol. The molecule has 0 radical (unpaired) electrons. The number of benzene rings is 1. The van der Waals surface area contributed by atoms with Crippen LogP contribution in [0.5, 0.6) is 0 Å². The lowest BCUT2D eigenvalue weighted by Crippen LogP contribution is -2.44. The molecular weight excluding hydrogens is 467 g/mol. The summed E-state index contributed by atoms with van der Waals surface area (Å²) in [5.74, 6) is 4.36. The maximum atomic E-state index is 14.5. The molecule has 5 rings (SSSR count). The minimum Gasteiger partial charge on any atom is -0.458 e. The Bertz CT molecular complexity index is 1600. The smallest absolute Gasteiger partial charge is 0.343 e. The summed E-state index contributed by atoms with van der Waals surface area (Å²) >= 11 is 0. The average molecular weight is 490 g/mol. The third-order valence-electron chi connectivity index (χ3n) is 6.74. The first-order valence-electron chi connectivity index (χ1n) is 11.4. The molecule has 0 bridgehead atoms. The molecule has 0 aliphatic carbocycles. The number of nitrogens with zero attached hydrogens (tertiary/aromatic N) is 2. The largest absolute Gasteiger partial charge is 0.458 e. The molecule has 1 atom stereocenters. The van der Waals surface area contributed by atoms with E-state index in [-0.39, 0.29) is 49.7 Å². The van der Waals surface area contributed by atoms with Gasteiger partial charge in [-0.1, -0.05) is 18.8 Å². The number of rotatable bonds is 3. The maximum Gasteiger partial charge on any atom is 0.343 e. The highest BCUT2D eigenvalue weighted by molar-refractivity contribution is 5.92. The van der Waals surface area contributed by atoms with Gasteiger partial charge < -0.3 is 25.5 Å². The van der Waals surface area contributed by atoms with Crippen LogP contribution in [0, 0.1) is 24.6 Å². The molecule has 4 heterocycles. The van der Waals surface area contributed by atoms with E-state index in [0.717, 1.165) is 0 Å². The molecule has 9 nitrogen and oxygen atoms in total. The van der Waals surface area contributed by atoms with Crippen LogP contribution in [0.4, 0.5) is 4.39 Å². The summed E-state index contributed by atoms with van der Waals surface area (Å²) in [6.45, 7) is 3.07. The van der Waals surface area contributed by atoms with Crippen molar-refractivity contribution in [2.75, 3.05) is 13.1 Å². The van der Waals surface area contributed by atoms with Crippen LogP contribution in [-0.2, 0) is 33.1 Å². The summed E-state index contributed by atoms with van der Waals surface area (Å²) in [6.07, 6.45) is 0.0233. The number of nitrogens with two attached hydrogens (primary N) is 1. The molecule has 0 fully saturated rings. The Labute approximate surface area is 205 Å². The fourth-order valence-corrected chi connectivity index (χ4v) is 4.70. The molecule has 1 amide bonds. The maximum absolute atomic E-state index is 14.5. The number of fused-ring (bicyclic) bond motifs is 5. The molecule has 10 heteroatoms. The quantitative estimate of drug-likeness (QED) is 0.287. The van der Waals surface area contributed by atoms with Crippen molar-refractivity contribution in [1.29, 1.82) is 0 Å². The standard InChI is InChI=1S/C26H23FN4O5/c1-3-26(35)18-8-21-23-16(11-31(21)24(33)17(18)12-36-25(26)34)14(5-4-6-29-22(32)10-28)15-7-13(2)19(27)9-20(15)30-23/h7-9,35H,3,6,10-12,28H2,1-2H3,(H,29,32)/t26-/m0/s1. The summed E-state index contributed by atoms with van der Waals surface area (Å²) < 4.78 is 21.1. The first-order chi connectivity index (χ1) is 17.2. The summed E-state index contributed by atoms with van der Waals surface area (Å²) in [5.41, 5.74) is 6.14. The predicted octanol–water partition coefficient (Wildman–Crippen LogP) is 0.954. The van der Waals surface area contributed by atoms with E-state index in [2.05, 4.69) is 22.1 Å². The molecule has 3 aromatic rings. The summed E-state index contributed by atoms with van der Waals surface area (Å²) in [5, 5.41) is 14.2. The van der Waals surface area contributed by atoms with E-state index < -0.39 is 22.9 Å². The lowest BCUT2D eigenvalue weighted by molar-refractivity contribution is -0.172. The van der Waals surface area contributed by atoms with Crippen LogP contribution in [0.2, 0.25) is 0 Å². The summed E-state index contributed by atoms with van der Waals surface area (Å²) in [7, 11) is 0. The third kappa shape index (κ3) is 3.47. The van der Waals surface area contributed by atoms with E-state index in [0.29, 0.717) is 39.0 Å². The highest BCUT2D eigenvalue weighted by atomic mass is 19.1. The predicted molar refractivity (Wildman–Crippen MR) is 128 cm³/mol. The van der Waals surface area contributed by atoms with E-state index in [1.54, 1.807) is 26.0 Å². The third-order valence-corrected chi connectivity index (χ3v) is 6.74. The number of nitrogens with one attached hydrogen (secondary N) is 1. The summed E-state index contributed by atoms with van der Waals surface area (Å²) in [4.78, 5) is 42.0. The first-order valence-corrected chi connectivity index (χ1v) is 11.4. The van der Waals surface area contributed by atoms with Crippen LogP contribution in [0.3, 0.4) is 0 Å². The van der Waals surface area contributed by atoms with Gasteiger partial charge >= 0.3 is 5.97 Å². The number of pyridine rings is 2. The number of esters is 1. The number of carbonyl (C=O) groups excluding carboxylic acids is 2. The molecule has 2 aliphatic heterocycles. The van der Waals surface area contributed by atoms with E-state index >= 15 is 0 Å². The second kappa shape index (κ2) is 8.55. The van der Waals surface area contributed by atoms with Crippen molar-refractivity contribution in [2.24, 2.45) is 5.73 Å². The van der Waals surface area contributed by atoms with Gasteiger partial charge in [0.1, 0.15) is 12.4 Å². The Morgan fingerprint density at radius 2 is 2.11 bits per heavy atom. The Balaban J connectivity index is 1.75. The Morgan fingerprint density at radius 3 is 2.83 bits per heavy atom. The molecule has 2 aliphatic rings. The number of halogens is 1. The number of ether oxygens (including phenoxy) is 1. The molecule has 0 saturated heterocycles. The van der Waals surface area contributed by atoms with Gasteiger partial charge in [0.25, 0.3) is 5.56 Å². The Morgan fingerprint density at radius 1 is 1.33 bits per heavy atom. The number of aromatic nitrogens is 2. The zero-order chi connectivity index (χ0) is 25.8. The summed E-state index contributed by atoms with van der Waals surface area (Å²) in [6, 6.07) is 4.55. The first kappa shape index (κ1) is 23.7. The van der Waals surface area contributed by atoms with Crippen molar-refractivity contribution >= 4 is 22.8 Å². The zero-order valence-electron chi connectivity index (χ0n) is 19.7. The highest BCUT2D eigenvalue weighted by Gasteiger charge is 2.45.